The van der Waals surface area contributed by atoms with Gasteiger partial charge in [0, 0.05) is 21.9 Å². The quantitative estimate of drug-likeness (QED) is 0.524. The average molecular weight is 377 g/mol. The molecule has 28 heavy (non-hydrogen) atoms. The van der Waals surface area contributed by atoms with Crippen LogP contribution in [0.15, 0.2) is 48.5 Å². The van der Waals surface area contributed by atoms with Crippen molar-refractivity contribution < 1.29 is 13.6 Å². The highest BCUT2D eigenvalue weighted by molar-refractivity contribution is 6.17. The van der Waals surface area contributed by atoms with Crippen LogP contribution in [-0.2, 0) is 13.0 Å². The highest BCUT2D eigenvalue weighted by Gasteiger charge is 2.19. The summed E-state index contributed by atoms with van der Waals surface area (Å²) in [5.41, 5.74) is 8.47. The summed E-state index contributed by atoms with van der Waals surface area (Å²) in [6.07, 6.45) is 1.83. The van der Waals surface area contributed by atoms with E-state index < -0.39 is 17.5 Å². The molecule has 0 aliphatic rings. The number of nitrogens with zero attached hydrogens (tertiary/aromatic N) is 1. The second kappa shape index (κ2) is 7.08. The van der Waals surface area contributed by atoms with Crippen molar-refractivity contribution in [2.45, 2.75) is 26.3 Å². The Balaban J connectivity index is 2.05. The lowest BCUT2D eigenvalue weighted by Crippen LogP contribution is -2.11. The molecule has 4 rings (SSSR count). The SMILES string of the molecule is CCCc1c[c]c2c3c(C(N)=O)cccc3n(Cc3c(F)cccc3F)c2c1. The lowest BCUT2D eigenvalue weighted by molar-refractivity contribution is 0.100. The van der Waals surface area contributed by atoms with E-state index in [0.29, 0.717) is 16.5 Å². The van der Waals surface area contributed by atoms with Crippen molar-refractivity contribution in [3.8, 4) is 0 Å². The maximum Gasteiger partial charge on any atom is 0.249 e. The minimum Gasteiger partial charge on any atom is -0.366 e. The van der Waals surface area contributed by atoms with Gasteiger partial charge in [0.15, 0.2) is 0 Å². The molecule has 3 aromatic carbocycles. The Kier molecular flexibility index (Phi) is 4.59. The Labute approximate surface area is 161 Å². The van der Waals surface area contributed by atoms with Crippen LogP contribution in [0.1, 0.15) is 34.8 Å². The first kappa shape index (κ1) is 18.2. The van der Waals surface area contributed by atoms with Gasteiger partial charge in [-0.15, -0.1) is 0 Å². The number of rotatable bonds is 5. The van der Waals surface area contributed by atoms with Crippen molar-refractivity contribution in [1.82, 2.24) is 4.57 Å². The summed E-state index contributed by atoms with van der Waals surface area (Å²) >= 11 is 0. The summed E-state index contributed by atoms with van der Waals surface area (Å²) in [4.78, 5) is 12.0. The standard InChI is InChI=1S/C23H19F2N2O/c1-2-5-14-10-11-15-21(12-14)27(13-17-18(24)7-4-8-19(17)25)20-9-3-6-16(22(15)20)23(26)28/h3-4,6-10,12H,2,5,13H2,1H3,(H2,26,28). The topological polar surface area (TPSA) is 48.0 Å². The number of carbonyl (C=O) groups is 1. The number of primary amides is 1. The van der Waals surface area contributed by atoms with Gasteiger partial charge in [0.2, 0.25) is 5.91 Å². The summed E-state index contributed by atoms with van der Waals surface area (Å²) in [7, 11) is 0. The average Bonchev–Trinajstić information content (AvgIpc) is 2.98. The zero-order chi connectivity index (χ0) is 19.8. The van der Waals surface area contributed by atoms with Crippen LogP contribution >= 0.6 is 0 Å². The number of benzene rings is 3. The fourth-order valence-corrected chi connectivity index (χ4v) is 3.75. The molecule has 0 spiro atoms. The maximum atomic E-state index is 14.3. The molecule has 4 aromatic rings. The Morgan fingerprint density at radius 1 is 1.11 bits per heavy atom. The van der Waals surface area contributed by atoms with Crippen molar-refractivity contribution in [3.05, 3.63) is 82.9 Å². The van der Waals surface area contributed by atoms with Gasteiger partial charge in [-0.3, -0.25) is 4.79 Å². The van der Waals surface area contributed by atoms with Crippen LogP contribution in [0.3, 0.4) is 0 Å². The van der Waals surface area contributed by atoms with Crippen LogP contribution < -0.4 is 5.73 Å². The molecule has 1 amide bonds. The minimum atomic E-state index is -0.602. The highest BCUT2D eigenvalue weighted by Crippen LogP contribution is 2.33. The molecule has 1 radical (unpaired) electrons. The molecule has 0 fully saturated rings. The van der Waals surface area contributed by atoms with Crippen LogP contribution in [0, 0.1) is 17.7 Å². The van der Waals surface area contributed by atoms with Crippen LogP contribution in [0.4, 0.5) is 8.78 Å². The van der Waals surface area contributed by atoms with Gasteiger partial charge in [-0.05, 0) is 48.4 Å². The molecule has 0 saturated heterocycles. The van der Waals surface area contributed by atoms with E-state index in [2.05, 4.69) is 13.0 Å². The first-order valence-corrected chi connectivity index (χ1v) is 9.19. The summed E-state index contributed by atoms with van der Waals surface area (Å²) in [6.45, 7) is 2.09. The van der Waals surface area contributed by atoms with Crippen LogP contribution in [0.5, 0.6) is 0 Å². The smallest absolute Gasteiger partial charge is 0.249 e. The number of aromatic nitrogens is 1. The van der Waals surface area contributed by atoms with Gasteiger partial charge >= 0.3 is 0 Å². The van der Waals surface area contributed by atoms with Gasteiger partial charge in [-0.1, -0.05) is 31.5 Å². The Morgan fingerprint density at radius 2 is 1.82 bits per heavy atom. The van der Waals surface area contributed by atoms with E-state index in [1.165, 1.54) is 18.2 Å². The fraction of sp³-hybridized carbons (Fsp3) is 0.174. The lowest BCUT2D eigenvalue weighted by atomic mass is 10.0. The lowest BCUT2D eigenvalue weighted by Gasteiger charge is -2.10. The second-order valence-electron chi connectivity index (χ2n) is 6.87. The van der Waals surface area contributed by atoms with E-state index in [9.17, 15) is 13.6 Å². The first-order chi connectivity index (χ1) is 13.5. The van der Waals surface area contributed by atoms with E-state index in [4.69, 9.17) is 5.73 Å². The monoisotopic (exact) mass is 377 g/mol. The van der Waals surface area contributed by atoms with Gasteiger partial charge in [0.25, 0.3) is 0 Å². The van der Waals surface area contributed by atoms with Gasteiger partial charge < -0.3 is 10.3 Å². The first-order valence-electron chi connectivity index (χ1n) is 9.19. The van der Waals surface area contributed by atoms with Crippen molar-refractivity contribution in [2.75, 3.05) is 0 Å². The molecule has 1 heterocycles. The molecule has 0 saturated carbocycles. The largest absolute Gasteiger partial charge is 0.366 e. The van der Waals surface area contributed by atoms with Gasteiger partial charge in [0.05, 0.1) is 17.6 Å². The van der Waals surface area contributed by atoms with Crippen LogP contribution in [0.25, 0.3) is 21.8 Å². The number of halogens is 2. The van der Waals surface area contributed by atoms with E-state index in [0.717, 1.165) is 29.3 Å². The third-order valence-corrected chi connectivity index (χ3v) is 5.04. The van der Waals surface area contributed by atoms with Crippen LogP contribution in [-0.4, -0.2) is 10.5 Å². The van der Waals surface area contributed by atoms with Crippen molar-refractivity contribution in [1.29, 1.82) is 0 Å². The molecule has 141 valence electrons. The molecule has 5 heteroatoms. The van der Waals surface area contributed by atoms with Gasteiger partial charge in [-0.25, -0.2) is 8.78 Å². The zero-order valence-electron chi connectivity index (χ0n) is 15.4. The van der Waals surface area contributed by atoms with Crippen molar-refractivity contribution in [3.63, 3.8) is 0 Å². The van der Waals surface area contributed by atoms with E-state index >= 15 is 0 Å². The molecule has 0 atom stereocenters. The zero-order valence-corrected chi connectivity index (χ0v) is 15.4. The number of amides is 1. The van der Waals surface area contributed by atoms with Crippen molar-refractivity contribution in [2.24, 2.45) is 5.73 Å². The minimum absolute atomic E-state index is 0.00411. The molecule has 0 unspecified atom stereocenters. The van der Waals surface area contributed by atoms with Crippen LogP contribution in [0.2, 0.25) is 0 Å². The number of hydrogen-bond acceptors (Lipinski definition) is 1. The molecular formula is C23H19F2N2O. The summed E-state index contributed by atoms with van der Waals surface area (Å²) in [6, 6.07) is 16.2. The molecule has 3 nitrogen and oxygen atoms in total. The van der Waals surface area contributed by atoms with Gasteiger partial charge in [0.1, 0.15) is 11.6 Å². The third kappa shape index (κ3) is 2.93. The third-order valence-electron chi connectivity index (χ3n) is 5.04. The Morgan fingerprint density at radius 3 is 2.50 bits per heavy atom. The van der Waals surface area contributed by atoms with Gasteiger partial charge in [-0.2, -0.15) is 0 Å². The predicted molar refractivity (Wildman–Crippen MR) is 106 cm³/mol. The highest BCUT2D eigenvalue weighted by atomic mass is 19.1. The summed E-state index contributed by atoms with van der Waals surface area (Å²) in [5.74, 6) is -1.75. The molecule has 1 aromatic heterocycles. The molecule has 0 aliphatic heterocycles. The number of nitrogens with two attached hydrogens (primary N) is 1. The molecule has 2 N–H and O–H groups in total. The maximum absolute atomic E-state index is 14.3. The Bertz CT molecular complexity index is 1190. The summed E-state index contributed by atoms with van der Waals surface area (Å²) in [5, 5.41) is 1.38. The van der Waals surface area contributed by atoms with Crippen molar-refractivity contribution >= 4 is 27.7 Å². The van der Waals surface area contributed by atoms with E-state index in [1.54, 1.807) is 12.1 Å². The molecule has 0 bridgehead atoms. The van der Waals surface area contributed by atoms with E-state index in [-0.39, 0.29) is 12.1 Å². The number of carbonyl (C=O) groups excluding carboxylic acids is 1. The Hall–Kier alpha value is -3.21. The summed E-state index contributed by atoms with van der Waals surface area (Å²) < 4.78 is 30.5. The molecular weight excluding hydrogens is 358 g/mol. The number of hydrogen-bond donors (Lipinski definition) is 1. The molecule has 0 aliphatic carbocycles. The number of fused-ring (bicyclic) bond motifs is 3. The van der Waals surface area contributed by atoms with E-state index in [1.807, 2.05) is 22.8 Å². The normalized spacial score (nSPS) is 11.4. The second-order valence-corrected chi connectivity index (χ2v) is 6.87. The predicted octanol–water partition coefficient (Wildman–Crippen LogP) is 4.97. The fourth-order valence-electron chi connectivity index (χ4n) is 3.75. The number of aryl methyl sites for hydroxylation is 1.